The van der Waals surface area contributed by atoms with E-state index in [1.54, 1.807) is 0 Å². The zero-order chi connectivity index (χ0) is 21.0. The van der Waals surface area contributed by atoms with Gasteiger partial charge in [0.25, 0.3) is 0 Å². The summed E-state index contributed by atoms with van der Waals surface area (Å²) in [6.07, 6.45) is 8.31. The molecule has 1 aliphatic carbocycles. The molecule has 2 atom stereocenters. The van der Waals surface area contributed by atoms with Crippen LogP contribution in [0.4, 0.5) is 0 Å². The van der Waals surface area contributed by atoms with Crippen LogP contribution < -0.4 is 20.1 Å². The Morgan fingerprint density at radius 3 is 2.61 bits per heavy atom. The summed E-state index contributed by atoms with van der Waals surface area (Å²) >= 11 is 0. The molecule has 1 saturated carbocycles. The largest absolute Gasteiger partial charge is 0.490 e. The number of aryl methyl sites for hydroxylation is 1. The van der Waals surface area contributed by atoms with E-state index in [2.05, 4.69) is 47.0 Å². The Hall–Kier alpha value is -2.53. The van der Waals surface area contributed by atoms with Gasteiger partial charge in [0.2, 0.25) is 5.91 Å². The van der Waals surface area contributed by atoms with E-state index in [-0.39, 0.29) is 30.2 Å². The summed E-state index contributed by atoms with van der Waals surface area (Å²) in [5.74, 6) is 2.08. The van der Waals surface area contributed by atoms with Crippen molar-refractivity contribution in [2.45, 2.75) is 75.7 Å². The fraction of sp³-hybridized carbons (Fsp3) is 0.500. The zero-order valence-electron chi connectivity index (χ0n) is 18.0. The first-order valence-corrected chi connectivity index (χ1v) is 11.8. The third-order valence-corrected chi connectivity index (χ3v) is 6.85. The van der Waals surface area contributed by atoms with E-state index in [1.807, 2.05) is 12.1 Å². The van der Waals surface area contributed by atoms with Crippen LogP contribution in [0.15, 0.2) is 48.5 Å². The van der Waals surface area contributed by atoms with E-state index < -0.39 is 0 Å². The van der Waals surface area contributed by atoms with E-state index in [0.29, 0.717) is 0 Å². The van der Waals surface area contributed by atoms with E-state index in [9.17, 15) is 4.79 Å². The van der Waals surface area contributed by atoms with E-state index in [1.165, 1.54) is 11.1 Å². The summed E-state index contributed by atoms with van der Waals surface area (Å²) in [5, 5.41) is 6.51. The number of fused-ring (bicyclic) bond motifs is 1. The van der Waals surface area contributed by atoms with Crippen LogP contribution in [0.1, 0.15) is 62.2 Å². The Balaban J connectivity index is 1.12. The van der Waals surface area contributed by atoms with Crippen LogP contribution in [0, 0.1) is 0 Å². The summed E-state index contributed by atoms with van der Waals surface area (Å²) in [6, 6.07) is 17.0. The molecule has 2 aromatic carbocycles. The number of rotatable bonds is 5. The van der Waals surface area contributed by atoms with Crippen molar-refractivity contribution in [3.8, 4) is 11.5 Å². The maximum atomic E-state index is 12.3. The Labute approximate surface area is 184 Å². The predicted octanol–water partition coefficient (Wildman–Crippen LogP) is 4.31. The number of carbonyl (C=O) groups is 1. The lowest BCUT2D eigenvalue weighted by atomic mass is 9.92. The van der Waals surface area contributed by atoms with Crippen LogP contribution in [0.2, 0.25) is 0 Å². The Bertz CT molecular complexity index is 887. The molecular formula is C26H32N2O3. The number of amides is 1. The fourth-order valence-corrected chi connectivity index (χ4v) is 5.07. The summed E-state index contributed by atoms with van der Waals surface area (Å²) < 4.78 is 12.6. The van der Waals surface area contributed by atoms with Crippen molar-refractivity contribution in [2.75, 3.05) is 6.54 Å². The lowest BCUT2D eigenvalue weighted by Crippen LogP contribution is -2.47. The molecule has 5 rings (SSSR count). The monoisotopic (exact) mass is 420 g/mol. The minimum Gasteiger partial charge on any atom is -0.490 e. The van der Waals surface area contributed by atoms with Gasteiger partial charge in [-0.2, -0.15) is 0 Å². The highest BCUT2D eigenvalue weighted by Gasteiger charge is 2.28. The lowest BCUT2D eigenvalue weighted by molar-refractivity contribution is -0.123. The first kappa shape index (κ1) is 20.4. The molecule has 5 nitrogen and oxygen atoms in total. The van der Waals surface area contributed by atoms with Crippen molar-refractivity contribution in [3.63, 3.8) is 0 Å². The number of ether oxygens (including phenoxy) is 2. The summed E-state index contributed by atoms with van der Waals surface area (Å²) in [4.78, 5) is 12.3. The number of benzene rings is 2. The standard InChI is InChI=1S/C26H32N2O3/c29-26(23-7-4-16-27-23)28-20-9-11-21(12-10-20)30-22-13-15-25-19(17-22)8-14-24(31-25)18-5-2-1-3-6-18/h1-3,5-6,13,15,17,20-21,23-24,27H,4,7-12,14,16H2,(H,28,29)/t20?,21?,23-,24?/m0/s1. The minimum absolute atomic E-state index is 0.00757. The van der Waals surface area contributed by atoms with Gasteiger partial charge in [-0.1, -0.05) is 30.3 Å². The molecule has 1 saturated heterocycles. The molecule has 5 heteroatoms. The SMILES string of the molecule is O=C(NC1CCC(Oc2ccc3c(c2)CCC(c2ccccc2)O3)CC1)[C@@H]1CCCN1. The van der Waals surface area contributed by atoms with Crippen LogP contribution in [-0.2, 0) is 11.2 Å². The molecule has 0 spiro atoms. The average molecular weight is 421 g/mol. The highest BCUT2D eigenvalue weighted by molar-refractivity contribution is 5.82. The smallest absolute Gasteiger partial charge is 0.237 e. The van der Waals surface area contributed by atoms with Gasteiger partial charge in [0, 0.05) is 6.04 Å². The van der Waals surface area contributed by atoms with Gasteiger partial charge in [0.05, 0.1) is 12.1 Å². The van der Waals surface area contributed by atoms with Gasteiger partial charge >= 0.3 is 0 Å². The van der Waals surface area contributed by atoms with E-state index in [0.717, 1.165) is 69.4 Å². The second-order valence-corrected chi connectivity index (χ2v) is 9.07. The molecule has 2 aliphatic heterocycles. The summed E-state index contributed by atoms with van der Waals surface area (Å²) in [5.41, 5.74) is 2.47. The van der Waals surface area contributed by atoms with Crippen LogP contribution in [0.3, 0.4) is 0 Å². The third kappa shape index (κ3) is 4.87. The molecule has 0 bridgehead atoms. The van der Waals surface area contributed by atoms with Crippen molar-refractivity contribution >= 4 is 5.91 Å². The first-order valence-electron chi connectivity index (χ1n) is 11.8. The molecule has 2 aromatic rings. The van der Waals surface area contributed by atoms with Gasteiger partial charge in [-0.3, -0.25) is 4.79 Å². The van der Waals surface area contributed by atoms with Gasteiger partial charge in [0.15, 0.2) is 0 Å². The number of hydrogen-bond donors (Lipinski definition) is 2. The molecule has 2 fully saturated rings. The molecule has 2 N–H and O–H groups in total. The van der Waals surface area contributed by atoms with Gasteiger partial charge in [0.1, 0.15) is 17.6 Å². The van der Waals surface area contributed by atoms with Crippen molar-refractivity contribution in [3.05, 3.63) is 59.7 Å². The molecule has 2 heterocycles. The average Bonchev–Trinajstić information content (AvgIpc) is 3.36. The highest BCUT2D eigenvalue weighted by atomic mass is 16.5. The van der Waals surface area contributed by atoms with Crippen LogP contribution in [0.25, 0.3) is 0 Å². The van der Waals surface area contributed by atoms with E-state index >= 15 is 0 Å². The van der Waals surface area contributed by atoms with Gasteiger partial charge in [-0.25, -0.2) is 0 Å². The number of nitrogens with one attached hydrogen (secondary N) is 2. The van der Waals surface area contributed by atoms with Gasteiger partial charge in [-0.15, -0.1) is 0 Å². The molecule has 164 valence electrons. The first-order chi connectivity index (χ1) is 15.2. The molecule has 0 aromatic heterocycles. The Morgan fingerprint density at radius 2 is 1.84 bits per heavy atom. The molecular weight excluding hydrogens is 388 g/mol. The molecule has 3 aliphatic rings. The third-order valence-electron chi connectivity index (χ3n) is 6.85. The van der Waals surface area contributed by atoms with Gasteiger partial charge < -0.3 is 20.1 Å². The maximum Gasteiger partial charge on any atom is 0.237 e. The quantitative estimate of drug-likeness (QED) is 0.757. The second kappa shape index (κ2) is 9.31. The van der Waals surface area contributed by atoms with E-state index in [4.69, 9.17) is 9.47 Å². The normalized spacial score (nSPS) is 27.7. The van der Waals surface area contributed by atoms with Crippen molar-refractivity contribution in [2.24, 2.45) is 0 Å². The maximum absolute atomic E-state index is 12.3. The number of hydrogen-bond acceptors (Lipinski definition) is 4. The molecule has 1 unspecified atom stereocenters. The topological polar surface area (TPSA) is 59.6 Å². The summed E-state index contributed by atoms with van der Waals surface area (Å²) in [7, 11) is 0. The predicted molar refractivity (Wildman–Crippen MR) is 120 cm³/mol. The fourth-order valence-electron chi connectivity index (χ4n) is 5.07. The molecule has 0 radical (unpaired) electrons. The van der Waals surface area contributed by atoms with Crippen LogP contribution >= 0.6 is 0 Å². The highest BCUT2D eigenvalue weighted by Crippen LogP contribution is 2.37. The number of carbonyl (C=O) groups excluding carboxylic acids is 1. The molecule has 31 heavy (non-hydrogen) atoms. The van der Waals surface area contributed by atoms with Crippen LogP contribution in [-0.4, -0.2) is 30.6 Å². The van der Waals surface area contributed by atoms with Crippen molar-refractivity contribution < 1.29 is 14.3 Å². The Kier molecular flexibility index (Phi) is 6.12. The zero-order valence-corrected chi connectivity index (χ0v) is 18.0. The minimum atomic E-state index is 0.00757. The van der Waals surface area contributed by atoms with Crippen molar-refractivity contribution in [1.82, 2.24) is 10.6 Å². The van der Waals surface area contributed by atoms with Gasteiger partial charge in [-0.05, 0) is 87.2 Å². The second-order valence-electron chi connectivity index (χ2n) is 9.07. The van der Waals surface area contributed by atoms with Crippen molar-refractivity contribution in [1.29, 1.82) is 0 Å². The Morgan fingerprint density at radius 1 is 1.00 bits per heavy atom. The lowest BCUT2D eigenvalue weighted by Gasteiger charge is -2.31. The van der Waals surface area contributed by atoms with Crippen LogP contribution in [0.5, 0.6) is 11.5 Å². The molecule has 1 amide bonds. The summed E-state index contributed by atoms with van der Waals surface area (Å²) in [6.45, 7) is 0.956.